The van der Waals surface area contributed by atoms with Gasteiger partial charge in [0, 0.05) is 39.0 Å². The van der Waals surface area contributed by atoms with Crippen molar-refractivity contribution in [2.75, 3.05) is 24.3 Å². The first-order chi connectivity index (χ1) is 12.9. The average molecular weight is 366 g/mol. The Bertz CT molecular complexity index is 1000. The predicted molar refractivity (Wildman–Crippen MR) is 105 cm³/mol. The van der Waals surface area contributed by atoms with E-state index in [9.17, 15) is 9.59 Å². The van der Waals surface area contributed by atoms with Gasteiger partial charge in [-0.2, -0.15) is 4.57 Å². The molecule has 2 aromatic heterocycles. The fourth-order valence-electron chi connectivity index (χ4n) is 2.91. The summed E-state index contributed by atoms with van der Waals surface area (Å²) in [6.45, 7) is 1.95. The molecule has 3 aromatic rings. The summed E-state index contributed by atoms with van der Waals surface area (Å²) in [5.41, 5.74) is 2.56. The molecule has 0 saturated carbocycles. The maximum absolute atomic E-state index is 12.8. The number of rotatable bonds is 5. The Labute approximate surface area is 158 Å². The van der Waals surface area contributed by atoms with Crippen LogP contribution in [0.1, 0.15) is 5.69 Å². The molecule has 0 radical (unpaired) electrons. The van der Waals surface area contributed by atoms with Crippen LogP contribution in [0, 0.1) is 6.92 Å². The average Bonchev–Trinajstić information content (AvgIpc) is 2.86. The minimum Gasteiger partial charge on any atom is -0.377 e. The molecule has 0 spiro atoms. The lowest BCUT2D eigenvalue weighted by molar-refractivity contribution is -0.684. The number of benzene rings is 1. The summed E-state index contributed by atoms with van der Waals surface area (Å²) in [4.78, 5) is 27.3. The van der Waals surface area contributed by atoms with Crippen LogP contribution in [0.5, 0.6) is 0 Å². The number of hydrogen-bond donors (Lipinski definition) is 1. The van der Waals surface area contributed by atoms with Crippen LogP contribution in [0.25, 0.3) is 5.69 Å². The van der Waals surface area contributed by atoms with Gasteiger partial charge in [0.2, 0.25) is 6.54 Å². The van der Waals surface area contributed by atoms with Crippen molar-refractivity contribution in [3.8, 4) is 5.69 Å². The summed E-state index contributed by atoms with van der Waals surface area (Å²) >= 11 is 0. The molecule has 0 saturated heterocycles. The van der Waals surface area contributed by atoms with E-state index < -0.39 is 0 Å². The number of nitrogens with one attached hydrogen (secondary N) is 1. The molecule has 3 rings (SSSR count). The van der Waals surface area contributed by atoms with Gasteiger partial charge in [-0.3, -0.25) is 14.3 Å². The van der Waals surface area contributed by atoms with Gasteiger partial charge in [-0.1, -0.05) is 18.2 Å². The Morgan fingerprint density at radius 3 is 2.33 bits per heavy atom. The molecule has 27 heavy (non-hydrogen) atoms. The van der Waals surface area contributed by atoms with Gasteiger partial charge in [0.05, 0.1) is 11.4 Å². The van der Waals surface area contributed by atoms with Crippen molar-refractivity contribution in [2.45, 2.75) is 13.5 Å². The number of para-hydroxylation sites is 1. The fourth-order valence-corrected chi connectivity index (χ4v) is 2.91. The third kappa shape index (κ3) is 3.76. The van der Waals surface area contributed by atoms with Crippen molar-refractivity contribution in [1.82, 2.24) is 9.36 Å². The van der Waals surface area contributed by atoms with Gasteiger partial charge in [-0.25, -0.2) is 4.68 Å². The molecular weight excluding hydrogens is 342 g/mol. The molecule has 0 aliphatic heterocycles. The van der Waals surface area contributed by atoms with Crippen LogP contribution in [-0.4, -0.2) is 29.4 Å². The first-order valence-electron chi connectivity index (χ1n) is 8.69. The van der Waals surface area contributed by atoms with E-state index in [1.807, 2.05) is 80.8 Å². The highest BCUT2D eigenvalue weighted by Gasteiger charge is 2.19. The molecule has 2 heterocycles. The van der Waals surface area contributed by atoms with Crippen molar-refractivity contribution >= 4 is 17.3 Å². The van der Waals surface area contributed by atoms with E-state index in [-0.39, 0.29) is 18.0 Å². The van der Waals surface area contributed by atoms with Crippen molar-refractivity contribution < 1.29 is 9.36 Å². The van der Waals surface area contributed by atoms with Gasteiger partial charge in [0.25, 0.3) is 11.5 Å². The zero-order valence-corrected chi connectivity index (χ0v) is 16.0. The molecule has 1 amide bonds. The highest BCUT2D eigenvalue weighted by molar-refractivity contribution is 5.90. The minimum atomic E-state index is -0.248. The van der Waals surface area contributed by atoms with Crippen LogP contribution in [-0.2, 0) is 18.4 Å². The maximum Gasteiger partial charge on any atom is 0.295 e. The van der Waals surface area contributed by atoms with E-state index in [2.05, 4.69) is 5.32 Å². The number of hydrogen-bond acceptors (Lipinski definition) is 3. The Hall–Kier alpha value is -3.35. The molecule has 1 aromatic carbocycles. The van der Waals surface area contributed by atoms with E-state index in [1.165, 1.54) is 0 Å². The highest BCUT2D eigenvalue weighted by atomic mass is 16.2. The fraction of sp³-hybridized carbons (Fsp3) is 0.250. The lowest BCUT2D eigenvalue weighted by Crippen LogP contribution is -2.40. The van der Waals surface area contributed by atoms with Gasteiger partial charge in [-0.05, 0) is 19.1 Å². The number of amides is 1. The van der Waals surface area contributed by atoms with Crippen molar-refractivity contribution in [1.29, 1.82) is 0 Å². The molecule has 0 aliphatic carbocycles. The summed E-state index contributed by atoms with van der Waals surface area (Å²) in [5, 5.41) is 2.77. The van der Waals surface area contributed by atoms with E-state index in [0.717, 1.165) is 11.4 Å². The smallest absolute Gasteiger partial charge is 0.295 e. The molecule has 1 N–H and O–H groups in total. The van der Waals surface area contributed by atoms with Crippen LogP contribution < -0.4 is 20.3 Å². The van der Waals surface area contributed by atoms with E-state index in [4.69, 9.17) is 0 Å². The molecule has 0 atom stereocenters. The maximum atomic E-state index is 12.8. The Balaban J connectivity index is 1.81. The summed E-state index contributed by atoms with van der Waals surface area (Å²) in [5.74, 6) is -0.247. The number of aromatic nitrogens is 3. The normalized spacial score (nSPS) is 10.7. The first-order valence-corrected chi connectivity index (χ1v) is 8.69. The largest absolute Gasteiger partial charge is 0.377 e. The Kier molecular flexibility index (Phi) is 5.12. The standard InChI is InChI=1S/C20H23N5O2/c1-15-19(20(27)25(23(15)4)17-8-6-5-7-9-17)21-18(26)14-24-12-10-16(11-13-24)22(2)3/h5-13H,14H2,1-4H3/p+1. The first kappa shape index (κ1) is 18.4. The van der Waals surface area contributed by atoms with Crippen LogP contribution in [0.15, 0.2) is 59.7 Å². The number of carbonyl (C=O) groups is 1. The molecule has 140 valence electrons. The van der Waals surface area contributed by atoms with Gasteiger partial charge in [-0.15, -0.1) is 0 Å². The lowest BCUT2D eigenvalue weighted by Gasteiger charge is -2.10. The quantitative estimate of drug-likeness (QED) is 0.696. The zero-order chi connectivity index (χ0) is 19.6. The van der Waals surface area contributed by atoms with Gasteiger partial charge in [0.1, 0.15) is 5.69 Å². The molecule has 7 nitrogen and oxygen atoms in total. The summed E-state index contributed by atoms with van der Waals surface area (Å²) in [6, 6.07) is 13.2. The Morgan fingerprint density at radius 1 is 1.11 bits per heavy atom. The molecule has 0 aliphatic rings. The zero-order valence-electron chi connectivity index (χ0n) is 16.0. The SMILES string of the molecule is Cc1c(NC(=O)C[n+]2ccc(N(C)C)cc2)c(=O)n(-c2ccccc2)n1C. The summed E-state index contributed by atoms with van der Waals surface area (Å²) < 4.78 is 5.06. The second kappa shape index (κ2) is 7.49. The number of nitrogens with zero attached hydrogens (tertiary/aromatic N) is 4. The second-order valence-electron chi connectivity index (χ2n) is 6.61. The molecule has 0 fully saturated rings. The van der Waals surface area contributed by atoms with E-state index in [1.54, 1.807) is 21.0 Å². The molecule has 0 bridgehead atoms. The summed E-state index contributed by atoms with van der Waals surface area (Å²) in [6.07, 6.45) is 3.68. The monoisotopic (exact) mass is 366 g/mol. The van der Waals surface area contributed by atoms with Gasteiger partial charge in [0.15, 0.2) is 12.4 Å². The Morgan fingerprint density at radius 2 is 1.74 bits per heavy atom. The van der Waals surface area contributed by atoms with E-state index in [0.29, 0.717) is 11.4 Å². The predicted octanol–water partition coefficient (Wildman–Crippen LogP) is 1.48. The number of pyridine rings is 1. The third-order valence-corrected chi connectivity index (χ3v) is 4.53. The third-order valence-electron chi connectivity index (χ3n) is 4.53. The number of carbonyl (C=O) groups excluding carboxylic acids is 1. The molecule has 7 heteroatoms. The van der Waals surface area contributed by atoms with Crippen LogP contribution in [0.3, 0.4) is 0 Å². The highest BCUT2D eigenvalue weighted by Crippen LogP contribution is 2.13. The minimum absolute atomic E-state index is 0.132. The number of anilines is 2. The van der Waals surface area contributed by atoms with Crippen molar-refractivity contribution in [3.05, 3.63) is 70.9 Å². The molecule has 0 unspecified atom stereocenters. The molecular formula is C20H24N5O2+. The summed E-state index contributed by atoms with van der Waals surface area (Å²) in [7, 11) is 5.72. The van der Waals surface area contributed by atoms with Crippen LogP contribution in [0.4, 0.5) is 11.4 Å². The van der Waals surface area contributed by atoms with E-state index >= 15 is 0 Å². The topological polar surface area (TPSA) is 63.2 Å². The van der Waals surface area contributed by atoms with Crippen LogP contribution >= 0.6 is 0 Å². The van der Waals surface area contributed by atoms with Gasteiger partial charge < -0.3 is 10.2 Å². The lowest BCUT2D eigenvalue weighted by atomic mass is 10.3. The second-order valence-corrected chi connectivity index (χ2v) is 6.61. The van der Waals surface area contributed by atoms with Crippen molar-refractivity contribution in [3.63, 3.8) is 0 Å². The van der Waals surface area contributed by atoms with Gasteiger partial charge >= 0.3 is 0 Å². The van der Waals surface area contributed by atoms with Crippen LogP contribution in [0.2, 0.25) is 0 Å². The van der Waals surface area contributed by atoms with Crippen molar-refractivity contribution in [2.24, 2.45) is 7.05 Å².